The Morgan fingerprint density at radius 3 is 2.29 bits per heavy atom. The molecule has 0 fully saturated rings. The summed E-state index contributed by atoms with van der Waals surface area (Å²) in [5, 5.41) is 9.82. The maximum atomic E-state index is 9.82. The van der Waals surface area contributed by atoms with Gasteiger partial charge in [0.05, 0.1) is 10.6 Å². The van der Waals surface area contributed by atoms with Gasteiger partial charge >= 0.3 is 0 Å². The van der Waals surface area contributed by atoms with E-state index in [1.54, 1.807) is 12.4 Å². The summed E-state index contributed by atoms with van der Waals surface area (Å²) in [5.41, 5.74) is -0.129. The van der Waals surface area contributed by atoms with Crippen molar-refractivity contribution in [2.75, 3.05) is 0 Å². The Kier molecular flexibility index (Phi) is 3.61. The van der Waals surface area contributed by atoms with Gasteiger partial charge in [0, 0.05) is 18.8 Å². The number of hydrogen-bond donors (Lipinski definition) is 1. The van der Waals surface area contributed by atoms with Gasteiger partial charge < -0.3 is 5.11 Å². The molecule has 78 valence electrons. The average Bonchev–Trinajstić information content (AvgIpc) is 2.07. The largest absolute Gasteiger partial charge is 0.392 e. The summed E-state index contributed by atoms with van der Waals surface area (Å²) in [4.78, 5) is 8.23. The zero-order valence-electron chi connectivity index (χ0n) is 8.66. The van der Waals surface area contributed by atoms with Gasteiger partial charge in [-0.05, 0) is 21.3 Å². The van der Waals surface area contributed by atoms with E-state index in [-0.39, 0.29) is 5.41 Å². The highest BCUT2D eigenvalue weighted by atomic mass is 79.9. The lowest BCUT2D eigenvalue weighted by Gasteiger charge is -2.24. The van der Waals surface area contributed by atoms with Crippen molar-refractivity contribution in [2.45, 2.75) is 33.3 Å². The van der Waals surface area contributed by atoms with E-state index in [9.17, 15) is 5.11 Å². The fourth-order valence-electron chi connectivity index (χ4n) is 0.924. The third-order valence-corrected chi connectivity index (χ3v) is 2.46. The molecule has 0 aliphatic heterocycles. The van der Waals surface area contributed by atoms with E-state index in [2.05, 4.69) is 25.9 Å². The predicted molar refractivity (Wildman–Crippen MR) is 58.9 cm³/mol. The van der Waals surface area contributed by atoms with E-state index in [0.717, 1.165) is 4.47 Å². The lowest BCUT2D eigenvalue weighted by Crippen LogP contribution is -2.28. The first kappa shape index (κ1) is 11.6. The van der Waals surface area contributed by atoms with Crippen molar-refractivity contribution in [3.05, 3.63) is 22.7 Å². The minimum absolute atomic E-state index is 0.129. The van der Waals surface area contributed by atoms with Crippen molar-refractivity contribution < 1.29 is 5.11 Å². The van der Waals surface area contributed by atoms with Crippen LogP contribution in [0, 0.1) is 5.41 Å². The fraction of sp³-hybridized carbons (Fsp3) is 0.600. The maximum absolute atomic E-state index is 9.82. The number of rotatable bonds is 2. The molecule has 1 aromatic rings. The molecule has 1 unspecified atom stereocenters. The average molecular weight is 259 g/mol. The Morgan fingerprint density at radius 2 is 1.86 bits per heavy atom. The highest BCUT2D eigenvalue weighted by molar-refractivity contribution is 9.10. The van der Waals surface area contributed by atoms with Gasteiger partial charge in [-0.3, -0.25) is 0 Å². The van der Waals surface area contributed by atoms with Crippen molar-refractivity contribution in [3.8, 4) is 0 Å². The third-order valence-electron chi connectivity index (χ3n) is 2.05. The molecule has 0 saturated heterocycles. The zero-order chi connectivity index (χ0) is 10.8. The summed E-state index contributed by atoms with van der Waals surface area (Å²) >= 11 is 3.26. The van der Waals surface area contributed by atoms with Crippen LogP contribution in [0.3, 0.4) is 0 Å². The van der Waals surface area contributed by atoms with Crippen LogP contribution in [0.4, 0.5) is 0 Å². The quantitative estimate of drug-likeness (QED) is 0.885. The molecule has 14 heavy (non-hydrogen) atoms. The fourth-order valence-corrected chi connectivity index (χ4v) is 1.13. The van der Waals surface area contributed by atoms with Gasteiger partial charge in [0.1, 0.15) is 5.82 Å². The molecule has 1 rings (SSSR count). The van der Waals surface area contributed by atoms with E-state index in [1.807, 2.05) is 20.8 Å². The highest BCUT2D eigenvalue weighted by Crippen LogP contribution is 2.21. The molecular weight excluding hydrogens is 244 g/mol. The molecule has 0 saturated carbocycles. The van der Waals surface area contributed by atoms with Gasteiger partial charge in [-0.15, -0.1) is 0 Å². The Bertz CT molecular complexity index is 292. The van der Waals surface area contributed by atoms with E-state index in [4.69, 9.17) is 0 Å². The highest BCUT2D eigenvalue weighted by Gasteiger charge is 2.23. The Hall–Kier alpha value is -0.480. The molecule has 1 heterocycles. The van der Waals surface area contributed by atoms with Crippen LogP contribution in [-0.2, 0) is 6.42 Å². The summed E-state index contributed by atoms with van der Waals surface area (Å²) < 4.78 is 0.853. The lowest BCUT2D eigenvalue weighted by atomic mass is 9.87. The standard InChI is InChI=1S/C10H15BrN2O/c1-10(2,3)8(14)4-9-12-5-7(11)6-13-9/h5-6,8,14H,4H2,1-3H3. The normalized spacial score (nSPS) is 14.1. The molecule has 0 spiro atoms. The van der Waals surface area contributed by atoms with Crippen LogP contribution in [0.15, 0.2) is 16.9 Å². The van der Waals surface area contributed by atoms with Crippen LogP contribution < -0.4 is 0 Å². The van der Waals surface area contributed by atoms with E-state index >= 15 is 0 Å². The molecule has 0 bridgehead atoms. The van der Waals surface area contributed by atoms with E-state index in [0.29, 0.717) is 12.2 Å². The van der Waals surface area contributed by atoms with Gasteiger partial charge in [-0.2, -0.15) is 0 Å². The van der Waals surface area contributed by atoms with Gasteiger partial charge in [0.15, 0.2) is 0 Å². The van der Waals surface area contributed by atoms with Crippen LogP contribution in [-0.4, -0.2) is 21.2 Å². The monoisotopic (exact) mass is 258 g/mol. The molecule has 1 N–H and O–H groups in total. The molecule has 0 radical (unpaired) electrons. The van der Waals surface area contributed by atoms with E-state index < -0.39 is 6.10 Å². The number of halogens is 1. The Labute approximate surface area is 92.7 Å². The van der Waals surface area contributed by atoms with Crippen LogP contribution in [0.5, 0.6) is 0 Å². The van der Waals surface area contributed by atoms with Crippen molar-refractivity contribution >= 4 is 15.9 Å². The summed E-state index contributed by atoms with van der Waals surface area (Å²) in [6.45, 7) is 5.99. The second-order valence-electron chi connectivity index (χ2n) is 4.40. The number of aliphatic hydroxyl groups excluding tert-OH is 1. The van der Waals surface area contributed by atoms with E-state index in [1.165, 1.54) is 0 Å². The molecular formula is C10H15BrN2O. The molecule has 4 heteroatoms. The minimum Gasteiger partial charge on any atom is -0.392 e. The van der Waals surface area contributed by atoms with Gasteiger partial charge in [-0.25, -0.2) is 9.97 Å². The van der Waals surface area contributed by atoms with Crippen molar-refractivity contribution in [1.29, 1.82) is 0 Å². The minimum atomic E-state index is -0.413. The first-order valence-electron chi connectivity index (χ1n) is 4.54. The first-order chi connectivity index (χ1) is 6.39. The number of nitrogens with zero attached hydrogens (tertiary/aromatic N) is 2. The third kappa shape index (κ3) is 3.35. The summed E-state index contributed by atoms with van der Waals surface area (Å²) in [6, 6.07) is 0. The van der Waals surface area contributed by atoms with Crippen LogP contribution in [0.25, 0.3) is 0 Å². The topological polar surface area (TPSA) is 46.0 Å². The summed E-state index contributed by atoms with van der Waals surface area (Å²) in [5.74, 6) is 0.677. The predicted octanol–water partition coefficient (Wildman–Crippen LogP) is 2.19. The molecule has 3 nitrogen and oxygen atoms in total. The Balaban J connectivity index is 2.65. The number of aromatic nitrogens is 2. The second kappa shape index (κ2) is 4.36. The summed E-state index contributed by atoms with van der Waals surface area (Å²) in [7, 11) is 0. The van der Waals surface area contributed by atoms with Crippen LogP contribution >= 0.6 is 15.9 Å². The molecule has 0 amide bonds. The maximum Gasteiger partial charge on any atom is 0.130 e. The number of aliphatic hydroxyl groups is 1. The summed E-state index contributed by atoms with van der Waals surface area (Å²) in [6.07, 6.45) is 3.47. The van der Waals surface area contributed by atoms with Crippen LogP contribution in [0.2, 0.25) is 0 Å². The first-order valence-corrected chi connectivity index (χ1v) is 5.33. The van der Waals surface area contributed by atoms with Crippen LogP contribution in [0.1, 0.15) is 26.6 Å². The Morgan fingerprint density at radius 1 is 1.36 bits per heavy atom. The van der Waals surface area contributed by atoms with Gasteiger partial charge in [0.2, 0.25) is 0 Å². The zero-order valence-corrected chi connectivity index (χ0v) is 10.2. The van der Waals surface area contributed by atoms with Crippen molar-refractivity contribution in [3.63, 3.8) is 0 Å². The molecule has 1 atom stereocenters. The van der Waals surface area contributed by atoms with Crippen molar-refractivity contribution in [1.82, 2.24) is 9.97 Å². The molecule has 0 aliphatic rings. The van der Waals surface area contributed by atoms with Gasteiger partial charge in [0.25, 0.3) is 0 Å². The molecule has 0 aliphatic carbocycles. The smallest absolute Gasteiger partial charge is 0.130 e. The SMILES string of the molecule is CC(C)(C)C(O)Cc1ncc(Br)cn1. The second-order valence-corrected chi connectivity index (χ2v) is 5.32. The molecule has 1 aromatic heterocycles. The lowest BCUT2D eigenvalue weighted by molar-refractivity contribution is 0.0618. The van der Waals surface area contributed by atoms with Crippen molar-refractivity contribution in [2.24, 2.45) is 5.41 Å². The van der Waals surface area contributed by atoms with Gasteiger partial charge in [-0.1, -0.05) is 20.8 Å². The molecule has 0 aromatic carbocycles. The number of hydrogen-bond acceptors (Lipinski definition) is 3.